The van der Waals surface area contributed by atoms with Gasteiger partial charge >= 0.3 is 0 Å². The Labute approximate surface area is 67.5 Å². The quantitative estimate of drug-likeness (QED) is 0.463. The molecule has 0 saturated heterocycles. The highest BCUT2D eigenvalue weighted by atomic mass is 15.3. The Balaban J connectivity index is 2.25. The summed E-state index contributed by atoms with van der Waals surface area (Å²) in [4.78, 5) is 0. The molecule has 0 aliphatic rings. The van der Waals surface area contributed by atoms with Gasteiger partial charge in [-0.05, 0) is 25.0 Å². The van der Waals surface area contributed by atoms with Gasteiger partial charge in [-0.25, -0.2) is 4.68 Å². The van der Waals surface area contributed by atoms with Gasteiger partial charge in [0.1, 0.15) is 0 Å². The van der Waals surface area contributed by atoms with Crippen molar-refractivity contribution < 1.29 is 0 Å². The van der Waals surface area contributed by atoms with E-state index in [0.29, 0.717) is 0 Å². The van der Waals surface area contributed by atoms with Crippen LogP contribution in [0.5, 0.6) is 0 Å². The van der Waals surface area contributed by atoms with Crippen LogP contribution in [-0.4, -0.2) is 10.9 Å². The minimum absolute atomic E-state index is 1.08. The van der Waals surface area contributed by atoms with Gasteiger partial charge in [0.2, 0.25) is 0 Å². The van der Waals surface area contributed by atoms with Gasteiger partial charge in [-0.3, -0.25) is 0 Å². The first-order valence-electron chi connectivity index (χ1n) is 4.09. The van der Waals surface area contributed by atoms with E-state index in [-0.39, 0.29) is 0 Å². The topological polar surface area (TPSA) is 17.3 Å². The Morgan fingerprint density at radius 3 is 2.73 bits per heavy atom. The number of unbranched alkanes of at least 4 members (excludes halogenated alkanes) is 2. The lowest BCUT2D eigenvalue weighted by Crippen LogP contribution is -1.83. The number of nitrogens with zero attached hydrogens (tertiary/aromatic N) is 2. The summed E-state index contributed by atoms with van der Waals surface area (Å²) in [5.41, 5.74) is 0. The van der Waals surface area contributed by atoms with Crippen molar-refractivity contribution in [1.29, 1.82) is 0 Å². The minimum Gasteiger partial charge on any atom is -0.249 e. The summed E-state index contributed by atoms with van der Waals surface area (Å²) in [5.74, 6) is 0. The second-order valence-corrected chi connectivity index (χ2v) is 2.50. The molecule has 2 nitrogen and oxygen atoms in total. The fraction of sp³-hybridized carbons (Fsp3) is 0.444. The first-order chi connectivity index (χ1) is 5.43. The molecule has 0 aliphatic heterocycles. The van der Waals surface area contributed by atoms with Crippen molar-refractivity contribution in [2.75, 3.05) is 0 Å². The molecular weight excluding hydrogens is 136 g/mol. The molecule has 1 heterocycles. The Bertz CT molecular complexity index is 199. The normalized spacial score (nSPS) is 11.0. The molecule has 11 heavy (non-hydrogen) atoms. The monoisotopic (exact) mass is 150 g/mol. The molecule has 1 aromatic rings. The van der Waals surface area contributed by atoms with E-state index in [9.17, 15) is 0 Å². The van der Waals surface area contributed by atoms with E-state index >= 15 is 0 Å². The average molecular weight is 150 g/mol. The maximum Gasteiger partial charge on any atom is 0.0284 e. The van der Waals surface area contributed by atoms with E-state index in [1.165, 1.54) is 12.8 Å². The van der Waals surface area contributed by atoms with Gasteiger partial charge in [-0.1, -0.05) is 13.3 Å². The summed E-state index contributed by atoms with van der Waals surface area (Å²) in [6.45, 7) is 2.18. The van der Waals surface area contributed by atoms with Gasteiger partial charge in [0.15, 0.2) is 0 Å². The molecule has 0 atom stereocenters. The van der Waals surface area contributed by atoms with Gasteiger partial charge in [-0.2, -0.15) is 5.10 Å². The predicted molar refractivity (Wildman–Crippen MR) is 47.8 cm³/mol. The van der Waals surface area contributed by atoms with Crippen LogP contribution in [-0.2, 0) is 0 Å². The van der Waals surface area contributed by atoms with Crippen molar-refractivity contribution in [2.24, 2.45) is 5.10 Å². The fourth-order valence-electron chi connectivity index (χ4n) is 0.850. The van der Waals surface area contributed by atoms with E-state index < -0.39 is 0 Å². The summed E-state index contributed by atoms with van der Waals surface area (Å²) in [7, 11) is 0. The van der Waals surface area contributed by atoms with E-state index in [1.807, 2.05) is 35.4 Å². The Morgan fingerprint density at radius 2 is 2.09 bits per heavy atom. The van der Waals surface area contributed by atoms with Gasteiger partial charge in [0, 0.05) is 18.6 Å². The second kappa shape index (κ2) is 4.72. The van der Waals surface area contributed by atoms with Crippen LogP contribution in [0.3, 0.4) is 0 Å². The molecule has 0 amide bonds. The minimum atomic E-state index is 1.08. The lowest BCUT2D eigenvalue weighted by Gasteiger charge is -1.90. The molecule has 1 rings (SSSR count). The number of hydrogen-bond donors (Lipinski definition) is 0. The summed E-state index contributed by atoms with van der Waals surface area (Å²) in [6.07, 6.45) is 9.37. The van der Waals surface area contributed by atoms with Gasteiger partial charge in [-0.15, -0.1) is 0 Å². The highest BCUT2D eigenvalue weighted by molar-refractivity contribution is 5.56. The van der Waals surface area contributed by atoms with Crippen LogP contribution in [0.15, 0.2) is 29.6 Å². The van der Waals surface area contributed by atoms with Crippen LogP contribution < -0.4 is 0 Å². The van der Waals surface area contributed by atoms with Crippen LogP contribution in [0.4, 0.5) is 0 Å². The highest BCUT2D eigenvalue weighted by Crippen LogP contribution is 1.92. The van der Waals surface area contributed by atoms with Gasteiger partial charge in [0.25, 0.3) is 0 Å². The molecule has 0 radical (unpaired) electrons. The summed E-state index contributed by atoms with van der Waals surface area (Å²) in [5, 5.41) is 4.20. The lowest BCUT2D eigenvalue weighted by molar-refractivity contribution is 0.825. The maximum atomic E-state index is 4.20. The van der Waals surface area contributed by atoms with E-state index in [0.717, 1.165) is 6.42 Å². The molecule has 1 aromatic heterocycles. The first-order valence-corrected chi connectivity index (χ1v) is 4.09. The zero-order valence-corrected chi connectivity index (χ0v) is 6.90. The number of rotatable bonds is 4. The van der Waals surface area contributed by atoms with Crippen molar-refractivity contribution in [2.45, 2.75) is 26.2 Å². The Morgan fingerprint density at radius 1 is 1.36 bits per heavy atom. The standard InChI is InChI=1S/C9H14N2/c1-2-3-4-7-10-11-8-5-6-9-11/h5-9H,2-4H2,1H3. The van der Waals surface area contributed by atoms with Gasteiger partial charge in [0.05, 0.1) is 0 Å². The Kier molecular flexibility index (Phi) is 3.45. The molecule has 60 valence electrons. The van der Waals surface area contributed by atoms with Crippen molar-refractivity contribution >= 4 is 6.21 Å². The molecule has 0 N–H and O–H groups in total. The highest BCUT2D eigenvalue weighted by Gasteiger charge is 1.80. The van der Waals surface area contributed by atoms with Crippen LogP contribution in [0.2, 0.25) is 0 Å². The lowest BCUT2D eigenvalue weighted by atomic mass is 10.3. The predicted octanol–water partition coefficient (Wildman–Crippen LogP) is 2.51. The number of hydrogen-bond acceptors (Lipinski definition) is 1. The van der Waals surface area contributed by atoms with Crippen LogP contribution in [0, 0.1) is 0 Å². The van der Waals surface area contributed by atoms with Crippen molar-refractivity contribution in [3.05, 3.63) is 24.5 Å². The molecule has 0 bridgehead atoms. The van der Waals surface area contributed by atoms with Crippen molar-refractivity contribution in [3.8, 4) is 0 Å². The average Bonchev–Trinajstić information content (AvgIpc) is 2.50. The molecule has 2 heteroatoms. The fourth-order valence-corrected chi connectivity index (χ4v) is 0.850. The third-order valence-corrected chi connectivity index (χ3v) is 1.49. The summed E-state index contributed by atoms with van der Waals surface area (Å²) in [6, 6.07) is 3.94. The molecular formula is C9H14N2. The van der Waals surface area contributed by atoms with Crippen molar-refractivity contribution in [3.63, 3.8) is 0 Å². The van der Waals surface area contributed by atoms with Crippen LogP contribution in [0.25, 0.3) is 0 Å². The first kappa shape index (κ1) is 8.05. The molecule has 0 saturated carbocycles. The van der Waals surface area contributed by atoms with Crippen LogP contribution in [0.1, 0.15) is 26.2 Å². The van der Waals surface area contributed by atoms with Gasteiger partial charge < -0.3 is 0 Å². The third kappa shape index (κ3) is 3.03. The van der Waals surface area contributed by atoms with E-state index in [1.54, 1.807) is 0 Å². The molecule has 0 unspecified atom stereocenters. The van der Waals surface area contributed by atoms with E-state index in [4.69, 9.17) is 0 Å². The summed E-state index contributed by atoms with van der Waals surface area (Å²) >= 11 is 0. The molecule has 0 spiro atoms. The zero-order valence-electron chi connectivity index (χ0n) is 6.90. The van der Waals surface area contributed by atoms with E-state index in [2.05, 4.69) is 12.0 Å². The molecule has 0 fully saturated rings. The zero-order chi connectivity index (χ0) is 7.94. The van der Waals surface area contributed by atoms with Crippen LogP contribution >= 0.6 is 0 Å². The SMILES string of the molecule is CCCCC=Nn1cccc1. The largest absolute Gasteiger partial charge is 0.249 e. The maximum absolute atomic E-state index is 4.20. The second-order valence-electron chi connectivity index (χ2n) is 2.50. The summed E-state index contributed by atoms with van der Waals surface area (Å²) < 4.78 is 1.82. The third-order valence-electron chi connectivity index (χ3n) is 1.49. The molecule has 0 aliphatic carbocycles. The van der Waals surface area contributed by atoms with Crippen molar-refractivity contribution in [1.82, 2.24) is 4.68 Å². The Hall–Kier alpha value is -1.05. The smallest absolute Gasteiger partial charge is 0.0284 e. The molecule has 0 aromatic carbocycles. The number of aromatic nitrogens is 1.